The largest absolute Gasteiger partial charge is 0.321 e. The zero-order valence-electron chi connectivity index (χ0n) is 7.59. The first kappa shape index (κ1) is 9.22. The van der Waals surface area contributed by atoms with E-state index in [1.54, 1.807) is 0 Å². The van der Waals surface area contributed by atoms with Crippen LogP contribution in [-0.4, -0.2) is 0 Å². The lowest BCUT2D eigenvalue weighted by molar-refractivity contribution is 0.459. The van der Waals surface area contributed by atoms with E-state index >= 15 is 0 Å². The quantitative estimate of drug-likeness (QED) is 0.801. The maximum Gasteiger partial charge on any atom is 0.0420 e. The van der Waals surface area contributed by atoms with E-state index < -0.39 is 0 Å². The molecule has 1 aliphatic rings. The molecule has 2 heteroatoms. The standard InChI is InChI=1S/C11H14BrN/c12-10-6-2-1-5-9(10)11(13)7-3-4-8-11/h1-2,5-6H,3-4,7-8,13H2. The second kappa shape index (κ2) is 3.43. The number of nitrogens with two attached hydrogens (primary N) is 1. The molecule has 0 radical (unpaired) electrons. The average molecular weight is 240 g/mol. The molecule has 1 aromatic carbocycles. The van der Waals surface area contributed by atoms with Gasteiger partial charge in [0.2, 0.25) is 0 Å². The molecule has 0 aliphatic heterocycles. The van der Waals surface area contributed by atoms with E-state index in [1.807, 2.05) is 6.07 Å². The van der Waals surface area contributed by atoms with Crippen LogP contribution in [0.1, 0.15) is 31.2 Å². The van der Waals surface area contributed by atoms with Crippen molar-refractivity contribution in [3.8, 4) is 0 Å². The van der Waals surface area contributed by atoms with E-state index in [-0.39, 0.29) is 5.54 Å². The molecule has 0 heterocycles. The average Bonchev–Trinajstić information content (AvgIpc) is 2.54. The van der Waals surface area contributed by atoms with Crippen LogP contribution < -0.4 is 5.73 Å². The third-order valence-corrected chi connectivity index (χ3v) is 3.60. The summed E-state index contributed by atoms with van der Waals surface area (Å²) in [7, 11) is 0. The predicted molar refractivity (Wildman–Crippen MR) is 58.5 cm³/mol. The zero-order valence-corrected chi connectivity index (χ0v) is 9.18. The maximum absolute atomic E-state index is 6.35. The molecule has 1 nitrogen and oxygen atoms in total. The van der Waals surface area contributed by atoms with Gasteiger partial charge in [0.25, 0.3) is 0 Å². The van der Waals surface area contributed by atoms with Gasteiger partial charge in [-0.15, -0.1) is 0 Å². The molecular weight excluding hydrogens is 226 g/mol. The van der Waals surface area contributed by atoms with Gasteiger partial charge in [-0.2, -0.15) is 0 Å². The van der Waals surface area contributed by atoms with Crippen molar-refractivity contribution < 1.29 is 0 Å². The molecule has 2 N–H and O–H groups in total. The molecule has 13 heavy (non-hydrogen) atoms. The van der Waals surface area contributed by atoms with Gasteiger partial charge in [-0.25, -0.2) is 0 Å². The monoisotopic (exact) mass is 239 g/mol. The second-order valence-electron chi connectivity index (χ2n) is 3.84. The number of hydrogen-bond donors (Lipinski definition) is 1. The molecule has 2 rings (SSSR count). The summed E-state index contributed by atoms with van der Waals surface area (Å²) >= 11 is 3.56. The number of rotatable bonds is 1. The molecule has 0 atom stereocenters. The summed E-state index contributed by atoms with van der Waals surface area (Å²) in [5, 5.41) is 0. The van der Waals surface area contributed by atoms with Gasteiger partial charge < -0.3 is 5.73 Å². The first-order valence-electron chi connectivity index (χ1n) is 4.76. The van der Waals surface area contributed by atoms with Gasteiger partial charge in [-0.1, -0.05) is 47.0 Å². The minimum absolute atomic E-state index is 0.0694. The fourth-order valence-corrected chi connectivity index (χ4v) is 2.82. The smallest absolute Gasteiger partial charge is 0.0420 e. The van der Waals surface area contributed by atoms with Gasteiger partial charge in [0, 0.05) is 10.0 Å². The van der Waals surface area contributed by atoms with Crippen LogP contribution in [-0.2, 0) is 5.54 Å². The fraction of sp³-hybridized carbons (Fsp3) is 0.455. The van der Waals surface area contributed by atoms with Crippen molar-refractivity contribution in [3.05, 3.63) is 34.3 Å². The Morgan fingerprint density at radius 1 is 1.15 bits per heavy atom. The van der Waals surface area contributed by atoms with Crippen LogP contribution in [0.4, 0.5) is 0 Å². The molecule has 70 valence electrons. The molecule has 0 spiro atoms. The third kappa shape index (κ3) is 1.65. The summed E-state index contributed by atoms with van der Waals surface area (Å²) < 4.78 is 1.15. The molecule has 0 saturated heterocycles. The van der Waals surface area contributed by atoms with E-state index in [1.165, 1.54) is 18.4 Å². The Morgan fingerprint density at radius 3 is 2.38 bits per heavy atom. The van der Waals surface area contributed by atoms with Crippen LogP contribution in [0.2, 0.25) is 0 Å². The highest BCUT2D eigenvalue weighted by atomic mass is 79.9. The summed E-state index contributed by atoms with van der Waals surface area (Å²) in [4.78, 5) is 0. The molecule has 1 aromatic rings. The molecule has 1 aliphatic carbocycles. The highest BCUT2D eigenvalue weighted by Gasteiger charge is 2.32. The maximum atomic E-state index is 6.35. The van der Waals surface area contributed by atoms with Crippen molar-refractivity contribution in [2.45, 2.75) is 31.2 Å². The Morgan fingerprint density at radius 2 is 1.77 bits per heavy atom. The van der Waals surface area contributed by atoms with E-state index in [2.05, 4.69) is 34.1 Å². The Balaban J connectivity index is 2.39. The van der Waals surface area contributed by atoms with Crippen molar-refractivity contribution in [2.75, 3.05) is 0 Å². The third-order valence-electron chi connectivity index (χ3n) is 2.91. The predicted octanol–water partition coefficient (Wildman–Crippen LogP) is 3.18. The molecular formula is C11H14BrN. The van der Waals surface area contributed by atoms with Gasteiger partial charge in [0.05, 0.1) is 0 Å². The summed E-state index contributed by atoms with van der Waals surface area (Å²) in [5.74, 6) is 0. The molecule has 0 unspecified atom stereocenters. The van der Waals surface area contributed by atoms with E-state index in [4.69, 9.17) is 5.73 Å². The van der Waals surface area contributed by atoms with Crippen molar-refractivity contribution in [1.29, 1.82) is 0 Å². The molecule has 0 amide bonds. The first-order valence-corrected chi connectivity index (χ1v) is 5.56. The summed E-state index contributed by atoms with van der Waals surface area (Å²) in [5.41, 5.74) is 7.55. The van der Waals surface area contributed by atoms with Crippen molar-refractivity contribution >= 4 is 15.9 Å². The molecule has 1 fully saturated rings. The fourth-order valence-electron chi connectivity index (χ4n) is 2.14. The second-order valence-corrected chi connectivity index (χ2v) is 4.70. The van der Waals surface area contributed by atoms with Crippen LogP contribution in [0.5, 0.6) is 0 Å². The van der Waals surface area contributed by atoms with Gasteiger partial charge in [-0.05, 0) is 24.5 Å². The number of benzene rings is 1. The normalized spacial score (nSPS) is 20.5. The molecule has 1 saturated carbocycles. The van der Waals surface area contributed by atoms with Crippen LogP contribution in [0.15, 0.2) is 28.7 Å². The minimum atomic E-state index is -0.0694. The van der Waals surface area contributed by atoms with Crippen LogP contribution in [0.25, 0.3) is 0 Å². The summed E-state index contributed by atoms with van der Waals surface area (Å²) in [6.45, 7) is 0. The summed E-state index contributed by atoms with van der Waals surface area (Å²) in [6.07, 6.45) is 4.76. The lowest BCUT2D eigenvalue weighted by Crippen LogP contribution is -2.33. The van der Waals surface area contributed by atoms with E-state index in [0.29, 0.717) is 0 Å². The Labute approximate surface area is 87.5 Å². The van der Waals surface area contributed by atoms with Gasteiger partial charge in [0.15, 0.2) is 0 Å². The lowest BCUT2D eigenvalue weighted by Gasteiger charge is -2.25. The van der Waals surface area contributed by atoms with E-state index in [9.17, 15) is 0 Å². The van der Waals surface area contributed by atoms with Crippen molar-refractivity contribution in [2.24, 2.45) is 5.73 Å². The Hall–Kier alpha value is -0.340. The SMILES string of the molecule is NC1(c2ccccc2Br)CCCC1. The first-order chi connectivity index (χ1) is 6.22. The van der Waals surface area contributed by atoms with Gasteiger partial charge in [0.1, 0.15) is 0 Å². The lowest BCUT2D eigenvalue weighted by atomic mass is 9.90. The van der Waals surface area contributed by atoms with Crippen molar-refractivity contribution in [1.82, 2.24) is 0 Å². The number of hydrogen-bond acceptors (Lipinski definition) is 1. The number of halogens is 1. The van der Waals surface area contributed by atoms with E-state index in [0.717, 1.165) is 17.3 Å². The zero-order chi connectivity index (χ0) is 9.31. The topological polar surface area (TPSA) is 26.0 Å². The minimum Gasteiger partial charge on any atom is -0.321 e. The highest BCUT2D eigenvalue weighted by molar-refractivity contribution is 9.10. The van der Waals surface area contributed by atoms with Gasteiger partial charge >= 0.3 is 0 Å². The molecule has 0 bridgehead atoms. The van der Waals surface area contributed by atoms with Crippen LogP contribution in [0.3, 0.4) is 0 Å². The highest BCUT2D eigenvalue weighted by Crippen LogP contribution is 2.39. The van der Waals surface area contributed by atoms with Crippen LogP contribution >= 0.6 is 15.9 Å². The van der Waals surface area contributed by atoms with Gasteiger partial charge in [-0.3, -0.25) is 0 Å². The Bertz CT molecular complexity index is 303. The van der Waals surface area contributed by atoms with Crippen LogP contribution in [0, 0.1) is 0 Å². The summed E-state index contributed by atoms with van der Waals surface area (Å²) in [6, 6.07) is 8.30. The van der Waals surface area contributed by atoms with Crippen molar-refractivity contribution in [3.63, 3.8) is 0 Å². The molecule has 0 aromatic heterocycles. The Kier molecular flexibility index (Phi) is 2.43.